The second-order valence-corrected chi connectivity index (χ2v) is 4.43. The van der Waals surface area contributed by atoms with Gasteiger partial charge in [0.05, 0.1) is 28.6 Å². The molecule has 0 spiro atoms. The Morgan fingerprint density at radius 1 is 1.47 bits per heavy atom. The molecule has 102 valence electrons. The van der Waals surface area contributed by atoms with E-state index >= 15 is 0 Å². The minimum Gasteiger partial charge on any atom is -0.394 e. The van der Waals surface area contributed by atoms with E-state index in [0.29, 0.717) is 5.52 Å². The van der Waals surface area contributed by atoms with Crippen LogP contribution in [0.15, 0.2) is 18.2 Å². The van der Waals surface area contributed by atoms with Crippen molar-refractivity contribution in [3.63, 3.8) is 0 Å². The molecule has 0 saturated heterocycles. The van der Waals surface area contributed by atoms with Crippen LogP contribution in [0.4, 0.5) is 5.69 Å². The summed E-state index contributed by atoms with van der Waals surface area (Å²) in [5, 5.41) is 20.2. The van der Waals surface area contributed by atoms with Crippen molar-refractivity contribution in [1.82, 2.24) is 9.55 Å². The molecule has 0 aliphatic heterocycles. The topological polar surface area (TPSA) is 81.2 Å². The zero-order valence-electron chi connectivity index (χ0n) is 11.0. The van der Waals surface area contributed by atoms with Crippen molar-refractivity contribution in [1.29, 1.82) is 0 Å². The number of benzene rings is 1. The lowest BCUT2D eigenvalue weighted by atomic mass is 10.2. The largest absolute Gasteiger partial charge is 0.394 e. The molecule has 0 fully saturated rings. The molecule has 1 N–H and O–H groups in total. The number of aliphatic hydroxyl groups is 1. The highest BCUT2D eigenvalue weighted by atomic mass is 16.6. The van der Waals surface area contributed by atoms with E-state index < -0.39 is 4.92 Å². The summed E-state index contributed by atoms with van der Waals surface area (Å²) in [6, 6.07) is 4.62. The minimum atomic E-state index is -0.423. The smallest absolute Gasteiger partial charge is 0.271 e. The summed E-state index contributed by atoms with van der Waals surface area (Å²) in [7, 11) is 0. The number of aliphatic hydroxyl groups excluding tert-OH is 1. The van der Waals surface area contributed by atoms with E-state index in [1.807, 2.05) is 18.4 Å². The fourth-order valence-electron chi connectivity index (χ4n) is 2.30. The van der Waals surface area contributed by atoms with E-state index in [-0.39, 0.29) is 18.3 Å². The number of rotatable bonds is 5. The lowest BCUT2D eigenvalue weighted by Gasteiger charge is -2.17. The van der Waals surface area contributed by atoms with Crippen molar-refractivity contribution in [3.05, 3.63) is 34.1 Å². The minimum absolute atomic E-state index is 0.0337. The van der Waals surface area contributed by atoms with Gasteiger partial charge in [0.2, 0.25) is 0 Å². The molecule has 2 aromatic rings. The first-order chi connectivity index (χ1) is 9.12. The Morgan fingerprint density at radius 3 is 2.74 bits per heavy atom. The van der Waals surface area contributed by atoms with Crippen LogP contribution in [0.1, 0.15) is 32.1 Å². The normalized spacial score (nSPS) is 12.8. The maximum absolute atomic E-state index is 10.8. The number of hydrogen-bond donors (Lipinski definition) is 1. The molecule has 0 saturated carbocycles. The summed E-state index contributed by atoms with van der Waals surface area (Å²) < 4.78 is 1.99. The van der Waals surface area contributed by atoms with Gasteiger partial charge >= 0.3 is 0 Å². The summed E-state index contributed by atoms with van der Waals surface area (Å²) in [4.78, 5) is 14.8. The van der Waals surface area contributed by atoms with Crippen LogP contribution in [-0.4, -0.2) is 26.2 Å². The zero-order valence-corrected chi connectivity index (χ0v) is 11.0. The third kappa shape index (κ3) is 2.31. The Morgan fingerprint density at radius 2 is 2.21 bits per heavy atom. The van der Waals surface area contributed by atoms with Crippen LogP contribution in [-0.2, 0) is 6.42 Å². The molecule has 19 heavy (non-hydrogen) atoms. The van der Waals surface area contributed by atoms with Crippen LogP contribution >= 0.6 is 0 Å². The number of aromatic nitrogens is 2. The highest BCUT2D eigenvalue weighted by Crippen LogP contribution is 2.26. The van der Waals surface area contributed by atoms with Crippen molar-refractivity contribution in [3.8, 4) is 0 Å². The van der Waals surface area contributed by atoms with E-state index in [1.54, 1.807) is 6.07 Å². The molecule has 0 aliphatic rings. The van der Waals surface area contributed by atoms with Gasteiger partial charge in [0.1, 0.15) is 5.82 Å². The Hall–Kier alpha value is -1.95. The van der Waals surface area contributed by atoms with Crippen molar-refractivity contribution >= 4 is 16.7 Å². The molecular weight excluding hydrogens is 246 g/mol. The Balaban J connectivity index is 2.65. The van der Waals surface area contributed by atoms with Crippen molar-refractivity contribution in [2.45, 2.75) is 32.7 Å². The second kappa shape index (κ2) is 5.36. The Bertz CT molecular complexity index is 602. The van der Waals surface area contributed by atoms with E-state index in [1.165, 1.54) is 12.1 Å². The third-order valence-electron chi connectivity index (χ3n) is 3.32. The molecule has 0 radical (unpaired) electrons. The SMILES string of the molecule is CCc1nc2cc([N+](=O)[O-])ccc2n1[C@@H](CC)CO. The summed E-state index contributed by atoms with van der Waals surface area (Å²) in [5.41, 5.74) is 1.48. The van der Waals surface area contributed by atoms with Crippen molar-refractivity contribution < 1.29 is 10.0 Å². The van der Waals surface area contributed by atoms with Gasteiger partial charge < -0.3 is 9.67 Å². The lowest BCUT2D eigenvalue weighted by molar-refractivity contribution is -0.384. The van der Waals surface area contributed by atoms with Gasteiger partial charge in [-0.2, -0.15) is 0 Å². The number of fused-ring (bicyclic) bond motifs is 1. The summed E-state index contributed by atoms with van der Waals surface area (Å²) >= 11 is 0. The highest BCUT2D eigenvalue weighted by molar-refractivity contribution is 5.79. The molecule has 6 heteroatoms. The molecule has 0 amide bonds. The monoisotopic (exact) mass is 263 g/mol. The van der Waals surface area contributed by atoms with E-state index in [9.17, 15) is 15.2 Å². The quantitative estimate of drug-likeness (QED) is 0.663. The first-order valence-corrected chi connectivity index (χ1v) is 6.38. The maximum atomic E-state index is 10.8. The molecule has 1 aromatic heterocycles. The number of imidazole rings is 1. The number of nitro benzene ring substituents is 1. The van der Waals surface area contributed by atoms with Gasteiger partial charge in [-0.3, -0.25) is 10.1 Å². The molecule has 0 aliphatic carbocycles. The molecule has 2 rings (SSSR count). The average molecular weight is 263 g/mol. The van der Waals surface area contributed by atoms with Crippen LogP contribution in [0, 0.1) is 10.1 Å². The molecule has 0 unspecified atom stereocenters. The molecule has 1 heterocycles. The predicted octanol–water partition coefficient (Wildman–Crippen LogP) is 2.45. The Labute approximate surface area is 110 Å². The number of nitro groups is 1. The fourth-order valence-corrected chi connectivity index (χ4v) is 2.30. The maximum Gasteiger partial charge on any atom is 0.271 e. The molecule has 1 atom stereocenters. The first-order valence-electron chi connectivity index (χ1n) is 6.38. The second-order valence-electron chi connectivity index (χ2n) is 4.43. The van der Waals surface area contributed by atoms with Crippen LogP contribution in [0.25, 0.3) is 11.0 Å². The molecule has 0 bridgehead atoms. The van der Waals surface area contributed by atoms with Crippen LogP contribution in [0.5, 0.6) is 0 Å². The van der Waals surface area contributed by atoms with E-state index in [4.69, 9.17) is 0 Å². The first kappa shape index (κ1) is 13.5. The highest BCUT2D eigenvalue weighted by Gasteiger charge is 2.18. The number of non-ortho nitro benzene ring substituents is 1. The van der Waals surface area contributed by atoms with Crippen LogP contribution in [0.2, 0.25) is 0 Å². The van der Waals surface area contributed by atoms with E-state index in [2.05, 4.69) is 4.98 Å². The van der Waals surface area contributed by atoms with Gasteiger partial charge in [0.15, 0.2) is 0 Å². The molecule has 1 aromatic carbocycles. The van der Waals surface area contributed by atoms with Gasteiger partial charge in [0.25, 0.3) is 5.69 Å². The number of hydrogen-bond acceptors (Lipinski definition) is 4. The summed E-state index contributed by atoms with van der Waals surface area (Å²) in [6.45, 7) is 4.01. The zero-order chi connectivity index (χ0) is 14.0. The Kier molecular flexibility index (Phi) is 3.80. The van der Waals surface area contributed by atoms with Gasteiger partial charge in [-0.25, -0.2) is 4.98 Å². The average Bonchev–Trinajstić information content (AvgIpc) is 2.78. The lowest BCUT2D eigenvalue weighted by Crippen LogP contribution is -2.14. The third-order valence-corrected chi connectivity index (χ3v) is 3.32. The van der Waals surface area contributed by atoms with E-state index in [0.717, 1.165) is 24.2 Å². The fraction of sp³-hybridized carbons (Fsp3) is 0.462. The summed E-state index contributed by atoms with van der Waals surface area (Å²) in [5.74, 6) is 0.844. The molecule has 6 nitrogen and oxygen atoms in total. The standard InChI is InChI=1S/C13H17N3O3/c1-3-9(8-17)15-12-6-5-10(16(18)19)7-11(12)14-13(15)4-2/h5-7,9,17H,3-4,8H2,1-2H3/t9-/m0/s1. The predicted molar refractivity (Wildman–Crippen MR) is 72.2 cm³/mol. The van der Waals surface area contributed by atoms with Crippen molar-refractivity contribution in [2.75, 3.05) is 6.61 Å². The summed E-state index contributed by atoms with van der Waals surface area (Å²) in [6.07, 6.45) is 1.50. The number of nitrogens with zero attached hydrogens (tertiary/aromatic N) is 3. The molecular formula is C13H17N3O3. The van der Waals surface area contributed by atoms with Crippen LogP contribution in [0.3, 0.4) is 0 Å². The van der Waals surface area contributed by atoms with Gasteiger partial charge in [-0.1, -0.05) is 13.8 Å². The number of aryl methyl sites for hydroxylation is 1. The van der Waals surface area contributed by atoms with Crippen LogP contribution < -0.4 is 0 Å². The van der Waals surface area contributed by atoms with Gasteiger partial charge in [-0.05, 0) is 12.5 Å². The van der Waals surface area contributed by atoms with Gasteiger partial charge in [0, 0.05) is 18.6 Å². The van der Waals surface area contributed by atoms with Crippen molar-refractivity contribution in [2.24, 2.45) is 0 Å². The van der Waals surface area contributed by atoms with Gasteiger partial charge in [-0.15, -0.1) is 0 Å².